The van der Waals surface area contributed by atoms with Crippen LogP contribution in [0.1, 0.15) is 212 Å². The van der Waals surface area contributed by atoms with Crippen molar-refractivity contribution >= 4 is 144 Å². The van der Waals surface area contributed by atoms with Crippen LogP contribution < -0.4 is 18.9 Å². The zero-order valence-corrected chi connectivity index (χ0v) is 89.8. The third-order valence-electron chi connectivity index (χ3n) is 16.0. The summed E-state index contributed by atoms with van der Waals surface area (Å²) in [7, 11) is 3.67. The van der Waals surface area contributed by atoms with Crippen LogP contribution in [-0.4, -0.2) is 99.5 Å². The smallest absolute Gasteiger partial charge is 0.0949 e. The normalized spacial score (nSPS) is 9.45. The first-order valence-corrected chi connectivity index (χ1v) is 65.1. The molecule has 0 aliphatic carbocycles. The number of nitrogens with one attached hydrogen (secondary N) is 1. The summed E-state index contributed by atoms with van der Waals surface area (Å²) in [5.74, 6) is 1.11. The minimum absolute atomic E-state index is 0. The van der Waals surface area contributed by atoms with Crippen LogP contribution in [-0.2, 0) is 33.9 Å². The molecule has 2 N–H and O–H groups in total. The van der Waals surface area contributed by atoms with Crippen LogP contribution in [0.2, 0.25) is 0 Å². The first kappa shape index (κ1) is 122. The van der Waals surface area contributed by atoms with Gasteiger partial charge in [0.1, 0.15) is 23.4 Å². The van der Waals surface area contributed by atoms with E-state index in [1.165, 1.54) is 17.7 Å². The number of halogens is 6. The van der Waals surface area contributed by atoms with E-state index in [9.17, 15) is 19.5 Å². The quantitative estimate of drug-likeness (QED) is 0.0423. The number of hydroxylamine groups is 2. The Hall–Kier alpha value is -7.55. The Bertz CT molecular complexity index is 5280. The molecule has 6 heterocycles. The van der Waals surface area contributed by atoms with E-state index in [0.29, 0.717) is 86.7 Å². The van der Waals surface area contributed by atoms with Crippen molar-refractivity contribution in [3.05, 3.63) is 347 Å². The van der Waals surface area contributed by atoms with Crippen LogP contribution in [0.15, 0.2) is 285 Å². The number of ketones is 1. The van der Waals surface area contributed by atoms with Gasteiger partial charge in [-0.1, -0.05) is 350 Å². The Morgan fingerprint density at radius 2 is 0.840 bits per heavy atom. The van der Waals surface area contributed by atoms with Gasteiger partial charge in [-0.2, -0.15) is 4.98 Å². The number of aromatic amines is 1. The molecule has 0 fully saturated rings. The molecule has 0 bridgehead atoms. The maximum absolute atomic E-state index is 13.4. The van der Waals surface area contributed by atoms with E-state index >= 15 is 0 Å². The molecule has 1 amide bonds. The Labute approximate surface area is 819 Å². The van der Waals surface area contributed by atoms with Crippen molar-refractivity contribution in [3.8, 4) is 33.8 Å². The number of H-pyrrole nitrogens is 1. The van der Waals surface area contributed by atoms with Crippen LogP contribution in [0.4, 0.5) is 0 Å². The second-order valence-electron chi connectivity index (χ2n) is 22.9. The maximum atomic E-state index is 13.4. The number of aromatic nitrogens is 12. The van der Waals surface area contributed by atoms with Gasteiger partial charge in [-0.15, -0.1) is 0 Å². The number of amides is 1. The third kappa shape index (κ3) is 41.2. The molecule has 15 aromatic rings. The van der Waals surface area contributed by atoms with Crippen molar-refractivity contribution in [2.75, 3.05) is 19.1 Å². The number of aliphatic hydroxyl groups excluding tert-OH is 1. The molecule has 0 saturated heterocycles. The monoisotopic (exact) mass is 2410 g/mol. The number of alkyl halides is 1. The summed E-state index contributed by atoms with van der Waals surface area (Å²) in [5, 5.41) is 14.8. The van der Waals surface area contributed by atoms with Crippen LogP contribution in [0.5, 0.6) is 0 Å². The number of nitrogens with zero attached hydrogens (tertiary/aromatic N) is 12. The van der Waals surface area contributed by atoms with Crippen molar-refractivity contribution in [1.29, 1.82) is 0 Å². The number of fused-ring (bicyclic) bond motifs is 3. The number of aryl methyl sites for hydroxylation is 2. The molecule has 18 nitrogen and oxygen atoms in total. The number of aliphatic hydroxyl groups is 1. The van der Waals surface area contributed by atoms with E-state index in [0.717, 1.165) is 72.9 Å². The molecule has 1 unspecified atom stereocenters. The van der Waals surface area contributed by atoms with Gasteiger partial charge in [-0.05, 0) is 89.6 Å². The average Bonchev–Trinajstić information content (AvgIpc) is 1.62. The molecule has 15 rings (SSSR count). The van der Waals surface area contributed by atoms with Crippen molar-refractivity contribution in [1.82, 2.24) is 63.6 Å². The number of rotatable bonds is 15. The minimum atomic E-state index is -0.869. The number of hydrogen-bond donors (Lipinski definition) is 2. The number of imidazole rings is 3. The molecule has 1 atom stereocenters. The van der Waals surface area contributed by atoms with Crippen molar-refractivity contribution in [3.63, 3.8) is 0 Å². The van der Waals surface area contributed by atoms with E-state index in [1.54, 1.807) is 50.4 Å². The predicted octanol–water partition coefficient (Wildman–Crippen LogP) is 26.3. The van der Waals surface area contributed by atoms with Gasteiger partial charge < -0.3 is 23.8 Å². The second-order valence-corrected chi connectivity index (χ2v) is 50.9. The number of hydrogen-bond acceptors (Lipinski definition) is 13. The number of carbonyl (C=O) groups is 2. The van der Waals surface area contributed by atoms with Crippen molar-refractivity contribution in [2.45, 2.75) is 179 Å². The molecule has 0 aliphatic heterocycles. The Morgan fingerprint density at radius 3 is 1.25 bits per heavy atom. The fourth-order valence-corrected chi connectivity index (χ4v) is 11.2. The largest absolute Gasteiger partial charge is 0.333 e. The van der Waals surface area contributed by atoms with Gasteiger partial charge >= 0.3 is 106 Å². The van der Waals surface area contributed by atoms with E-state index in [-0.39, 0.29) is 26.5 Å². The molecular formula is C100H132I6N13O5V-. The molecular weight excluding hydrogens is 2280 g/mol. The first-order valence-electron chi connectivity index (χ1n) is 41.3. The zero-order chi connectivity index (χ0) is 92.5. The van der Waals surface area contributed by atoms with E-state index in [4.69, 9.17) is 4.84 Å². The summed E-state index contributed by atoms with van der Waals surface area (Å²) in [6, 6.07) is 76.4. The van der Waals surface area contributed by atoms with Crippen LogP contribution >= 0.6 is 99.8 Å². The number of carbonyl (C=O) groups excluding carboxylic acids is 2. The first-order chi connectivity index (χ1) is 60.2. The van der Waals surface area contributed by atoms with E-state index < -0.39 is 11.8 Å². The molecule has 9 aromatic carbocycles. The molecule has 25 heteroatoms. The van der Waals surface area contributed by atoms with Gasteiger partial charge in [-0.25, -0.2) is 44.7 Å². The van der Waals surface area contributed by atoms with Gasteiger partial charge in [0, 0.05) is 83.1 Å². The summed E-state index contributed by atoms with van der Waals surface area (Å²) >= 11 is 12.2. The topological polar surface area (TPSA) is 218 Å². The molecule has 675 valence electrons. The van der Waals surface area contributed by atoms with Crippen molar-refractivity contribution < 1.29 is 42.3 Å². The summed E-state index contributed by atoms with van der Waals surface area (Å²) in [6.07, 6.45) is 11.4. The molecule has 0 saturated carbocycles. The summed E-state index contributed by atoms with van der Waals surface area (Å²) in [5.41, 5.74) is 13.6. The molecule has 6 aromatic heterocycles. The summed E-state index contributed by atoms with van der Waals surface area (Å²) in [6.45, 7) is 41.9. The van der Waals surface area contributed by atoms with Gasteiger partial charge in [-0.3, -0.25) is 14.4 Å². The van der Waals surface area contributed by atoms with E-state index in [1.807, 2.05) is 377 Å². The van der Waals surface area contributed by atoms with Gasteiger partial charge in [0.05, 0.1) is 77.8 Å². The van der Waals surface area contributed by atoms with Crippen LogP contribution in [0, 0.1) is 13.8 Å². The SMILES string of the molecule is C.C.CC.CC.CC.CC.CC.CC.CC.CC.CC.CI.CON(C)C(=O)c1ccc2nc(C)nc(-c3ccccc3)c2c1.Cc1nc(-c2ccccc2)c2cc(C(=O)c3cncn3Cc3ccccc3)ccc2n1.I[I-]I.O=c1nc(-c2ccccc2)c2cc(C(O)c3cncn3Cc3ccccc3)ccc2[nH]1.[I][V][I].c1ccc(Cn2ccnc2)cc1. The molecule has 0 spiro atoms. The van der Waals surface area contributed by atoms with Gasteiger partial charge in [0.15, 0.2) is 0 Å². The molecule has 125 heavy (non-hydrogen) atoms. The Balaban J connectivity index is -0.00000149. The fourth-order valence-electron chi connectivity index (χ4n) is 11.2. The summed E-state index contributed by atoms with van der Waals surface area (Å²) < 4.78 is 5.87. The standard InChI is InChI=1S/C26H20N4O.C25H20N4O2.C18H17N3O2.C10H10N2.9C2H6.CH3I.2CH4.I3.2HI.V/c1-18-28-23-13-12-21(14-22(23)25(29-18)20-10-6-3-7-11-20)26(31)24-15-27-17-30(24)16-19-8-4-2-5-9-19;30-24(22-14-26-16-29(22)15-17-7-3-1-4-8-17)19-11-12-21-20(13-19)23(28-25(31)27-21)18-9-5-2-6-10-18;1-12-19-16-10-9-14(18(22)21(2)23-3)11-15(16)17(20-12)13-7-5-4-6-8-13;1-2-4-10(5-3-1)8-12-7-6-11-9-12;10*1-2;;;1-3-2;;;/h2-15,17H,16H2,1H3;1-14,16,24,30H,15H2,(H,27,28,31);4-11H,1-3H3;1-7,9H,8H2;9*1-2H3;1H3;2*1H4;;2*1H;/q;;;;;;;;;;;;;;;;-1;;;+2/p-2. The second kappa shape index (κ2) is 75.4. The molecule has 0 radical (unpaired) electrons. The average molecular weight is 2410 g/mol. The Kier molecular flexibility index (Phi) is 73.4. The number of benzene rings is 9. The predicted molar refractivity (Wildman–Crippen MR) is 569 cm³/mol. The zero-order valence-electron chi connectivity index (χ0n) is 75.4. The Morgan fingerprint density at radius 1 is 0.472 bits per heavy atom. The van der Waals surface area contributed by atoms with Crippen LogP contribution in [0.25, 0.3) is 66.5 Å². The summed E-state index contributed by atoms with van der Waals surface area (Å²) in [4.78, 5) is 82.4. The van der Waals surface area contributed by atoms with Gasteiger partial charge in [0.25, 0.3) is 5.91 Å². The molecule has 0 aliphatic rings. The van der Waals surface area contributed by atoms with Gasteiger partial charge in [0.2, 0.25) is 5.78 Å². The third-order valence-corrected chi connectivity index (χ3v) is 16.0. The van der Waals surface area contributed by atoms with E-state index in [2.05, 4.69) is 161 Å². The minimum Gasteiger partial charge on any atom is -0.333 e. The van der Waals surface area contributed by atoms with Crippen LogP contribution in [0.3, 0.4) is 0 Å². The van der Waals surface area contributed by atoms with Crippen molar-refractivity contribution in [2.24, 2.45) is 0 Å². The fraction of sp³-hybridized carbons (Fsp3) is 0.290. The maximum Gasteiger partial charge on any atom is 0.0949 e.